The molecule has 1 aliphatic rings. The lowest BCUT2D eigenvalue weighted by Gasteiger charge is -2.19. The molecular formula is C15H23N3O2. The summed E-state index contributed by atoms with van der Waals surface area (Å²) in [6.07, 6.45) is 2.31. The minimum absolute atomic E-state index is 0.0703. The van der Waals surface area contributed by atoms with Crippen molar-refractivity contribution >= 4 is 11.7 Å². The molecular weight excluding hydrogens is 254 g/mol. The number of anilines is 1. The van der Waals surface area contributed by atoms with Gasteiger partial charge in [0, 0.05) is 25.3 Å². The lowest BCUT2D eigenvalue weighted by atomic mass is 10.0. The van der Waals surface area contributed by atoms with Crippen LogP contribution in [0.1, 0.15) is 26.7 Å². The molecule has 0 spiro atoms. The average molecular weight is 277 g/mol. The first-order valence-electron chi connectivity index (χ1n) is 7.19. The number of hydrogen-bond donors (Lipinski definition) is 2. The van der Waals surface area contributed by atoms with Gasteiger partial charge in [0.25, 0.3) is 0 Å². The molecule has 0 radical (unpaired) electrons. The first-order valence-corrected chi connectivity index (χ1v) is 7.19. The molecule has 0 aliphatic carbocycles. The van der Waals surface area contributed by atoms with Crippen molar-refractivity contribution in [3.8, 4) is 0 Å². The fourth-order valence-corrected chi connectivity index (χ4v) is 2.34. The molecule has 1 aromatic rings. The zero-order valence-electron chi connectivity index (χ0n) is 12.1. The third kappa shape index (κ3) is 3.93. The van der Waals surface area contributed by atoms with Gasteiger partial charge < -0.3 is 15.3 Å². The van der Waals surface area contributed by atoms with E-state index in [1.54, 1.807) is 6.20 Å². The number of aliphatic hydroxyl groups excluding tert-OH is 1. The normalized spacial score (nSPS) is 20.2. The van der Waals surface area contributed by atoms with E-state index in [0.717, 1.165) is 25.3 Å². The van der Waals surface area contributed by atoms with Gasteiger partial charge in [-0.15, -0.1) is 0 Å². The van der Waals surface area contributed by atoms with E-state index >= 15 is 0 Å². The number of aromatic nitrogens is 1. The summed E-state index contributed by atoms with van der Waals surface area (Å²) < 4.78 is 0. The van der Waals surface area contributed by atoms with Gasteiger partial charge in [0.2, 0.25) is 5.91 Å². The molecule has 2 N–H and O–H groups in total. The highest BCUT2D eigenvalue weighted by Crippen LogP contribution is 2.17. The average Bonchev–Trinajstić information content (AvgIpc) is 2.88. The topological polar surface area (TPSA) is 65.5 Å². The van der Waals surface area contributed by atoms with E-state index in [2.05, 4.69) is 15.2 Å². The minimum Gasteiger partial charge on any atom is -0.392 e. The third-order valence-corrected chi connectivity index (χ3v) is 3.69. The summed E-state index contributed by atoms with van der Waals surface area (Å²) in [6, 6.07) is 5.98. The third-order valence-electron chi connectivity index (χ3n) is 3.69. The van der Waals surface area contributed by atoms with Gasteiger partial charge in [0.1, 0.15) is 5.82 Å². The molecule has 2 rings (SSSR count). The molecule has 1 aliphatic heterocycles. The van der Waals surface area contributed by atoms with E-state index < -0.39 is 6.10 Å². The summed E-state index contributed by atoms with van der Waals surface area (Å²) in [7, 11) is 0. The number of nitrogens with one attached hydrogen (secondary N) is 1. The van der Waals surface area contributed by atoms with Crippen LogP contribution in [-0.2, 0) is 4.79 Å². The van der Waals surface area contributed by atoms with Crippen molar-refractivity contribution in [3.63, 3.8) is 0 Å². The van der Waals surface area contributed by atoms with Crippen LogP contribution < -0.4 is 10.2 Å². The maximum absolute atomic E-state index is 11.9. The van der Waals surface area contributed by atoms with Crippen molar-refractivity contribution in [2.75, 3.05) is 18.0 Å². The van der Waals surface area contributed by atoms with Gasteiger partial charge in [-0.2, -0.15) is 0 Å². The van der Waals surface area contributed by atoms with Gasteiger partial charge in [0.15, 0.2) is 0 Å². The Morgan fingerprint density at radius 2 is 2.35 bits per heavy atom. The molecule has 5 nitrogen and oxygen atoms in total. The molecule has 5 heteroatoms. The summed E-state index contributed by atoms with van der Waals surface area (Å²) in [5.41, 5.74) is 0. The number of carbonyl (C=O) groups excluding carboxylic acids is 1. The Morgan fingerprint density at radius 1 is 1.55 bits per heavy atom. The molecule has 1 aromatic heterocycles. The van der Waals surface area contributed by atoms with Crippen LogP contribution in [0.15, 0.2) is 24.4 Å². The van der Waals surface area contributed by atoms with Crippen LogP contribution in [0.2, 0.25) is 0 Å². The number of aliphatic hydroxyl groups is 1. The molecule has 1 amide bonds. The fourth-order valence-electron chi connectivity index (χ4n) is 2.34. The highest BCUT2D eigenvalue weighted by atomic mass is 16.3. The van der Waals surface area contributed by atoms with Gasteiger partial charge in [-0.05, 0) is 24.5 Å². The quantitative estimate of drug-likeness (QED) is 0.848. The van der Waals surface area contributed by atoms with Crippen molar-refractivity contribution in [1.82, 2.24) is 10.3 Å². The zero-order chi connectivity index (χ0) is 14.5. The van der Waals surface area contributed by atoms with Gasteiger partial charge in [-0.3, -0.25) is 4.79 Å². The summed E-state index contributed by atoms with van der Waals surface area (Å²) >= 11 is 0. The van der Waals surface area contributed by atoms with Gasteiger partial charge >= 0.3 is 0 Å². The van der Waals surface area contributed by atoms with Crippen molar-refractivity contribution in [3.05, 3.63) is 24.4 Å². The Kier molecular flexibility index (Phi) is 4.95. The minimum atomic E-state index is -0.566. The fraction of sp³-hybridized carbons (Fsp3) is 0.600. The largest absolute Gasteiger partial charge is 0.392 e. The van der Waals surface area contributed by atoms with Gasteiger partial charge in [0.05, 0.1) is 12.5 Å². The van der Waals surface area contributed by atoms with Crippen molar-refractivity contribution in [2.24, 2.45) is 5.92 Å². The van der Waals surface area contributed by atoms with Crippen molar-refractivity contribution in [2.45, 2.75) is 38.8 Å². The van der Waals surface area contributed by atoms with Crippen LogP contribution in [0.4, 0.5) is 5.82 Å². The second-order valence-corrected chi connectivity index (χ2v) is 5.70. The Balaban J connectivity index is 1.80. The van der Waals surface area contributed by atoms with Crippen LogP contribution in [0, 0.1) is 5.92 Å². The maximum atomic E-state index is 11.9. The summed E-state index contributed by atoms with van der Waals surface area (Å²) in [6.45, 7) is 5.50. The van der Waals surface area contributed by atoms with Gasteiger partial charge in [-0.1, -0.05) is 19.9 Å². The van der Waals surface area contributed by atoms with Gasteiger partial charge in [-0.25, -0.2) is 4.98 Å². The van der Waals surface area contributed by atoms with E-state index in [9.17, 15) is 9.90 Å². The number of hydrogen-bond acceptors (Lipinski definition) is 4. The maximum Gasteiger partial charge on any atom is 0.222 e. The smallest absolute Gasteiger partial charge is 0.222 e. The Hall–Kier alpha value is -1.62. The number of pyridine rings is 1. The number of amides is 1. The Morgan fingerprint density at radius 3 is 3.00 bits per heavy atom. The molecule has 1 saturated heterocycles. The molecule has 2 unspecified atom stereocenters. The molecule has 1 fully saturated rings. The summed E-state index contributed by atoms with van der Waals surface area (Å²) in [5, 5.41) is 12.7. The summed E-state index contributed by atoms with van der Waals surface area (Å²) in [4.78, 5) is 18.3. The van der Waals surface area contributed by atoms with Crippen LogP contribution >= 0.6 is 0 Å². The molecule has 20 heavy (non-hydrogen) atoms. The highest BCUT2D eigenvalue weighted by molar-refractivity contribution is 5.77. The van der Waals surface area contributed by atoms with Crippen LogP contribution in [-0.4, -0.2) is 41.2 Å². The van der Waals surface area contributed by atoms with E-state index in [0.29, 0.717) is 0 Å². The molecule has 2 atom stereocenters. The Labute approximate surface area is 120 Å². The molecule has 2 heterocycles. The highest BCUT2D eigenvalue weighted by Gasteiger charge is 2.25. The van der Waals surface area contributed by atoms with Crippen molar-refractivity contribution in [1.29, 1.82) is 0 Å². The second kappa shape index (κ2) is 6.70. The second-order valence-electron chi connectivity index (χ2n) is 5.70. The molecule has 110 valence electrons. The first kappa shape index (κ1) is 14.8. The van der Waals surface area contributed by atoms with E-state index in [1.165, 1.54) is 0 Å². The first-order chi connectivity index (χ1) is 9.56. The number of rotatable bonds is 5. The zero-order valence-corrected chi connectivity index (χ0v) is 12.1. The predicted molar refractivity (Wildman–Crippen MR) is 78.5 cm³/mol. The standard InChI is InChI=1S/C15H23N3O2/c1-11(2)13(19)9-15(20)17-12-6-8-18(10-12)14-5-3-4-7-16-14/h3-5,7,11-13,19H,6,8-10H2,1-2H3,(H,17,20). The van der Waals surface area contributed by atoms with Crippen LogP contribution in [0.25, 0.3) is 0 Å². The SMILES string of the molecule is CC(C)C(O)CC(=O)NC1CCN(c2ccccn2)C1. The van der Waals surface area contributed by atoms with E-state index in [-0.39, 0.29) is 24.3 Å². The number of nitrogens with zero attached hydrogens (tertiary/aromatic N) is 2. The van der Waals surface area contributed by atoms with Crippen molar-refractivity contribution < 1.29 is 9.90 Å². The van der Waals surface area contributed by atoms with E-state index in [4.69, 9.17) is 0 Å². The predicted octanol–water partition coefficient (Wildman–Crippen LogP) is 1.18. The van der Waals surface area contributed by atoms with Crippen LogP contribution in [0.5, 0.6) is 0 Å². The van der Waals surface area contributed by atoms with Crippen LogP contribution in [0.3, 0.4) is 0 Å². The lowest BCUT2D eigenvalue weighted by molar-refractivity contribution is -0.124. The van der Waals surface area contributed by atoms with E-state index in [1.807, 2.05) is 32.0 Å². The lowest BCUT2D eigenvalue weighted by Crippen LogP contribution is -2.39. The Bertz CT molecular complexity index is 436. The monoisotopic (exact) mass is 277 g/mol. The number of carbonyl (C=O) groups is 1. The molecule has 0 saturated carbocycles. The molecule has 0 bridgehead atoms. The summed E-state index contributed by atoms with van der Waals surface area (Å²) in [5.74, 6) is 0.986. The molecule has 0 aromatic carbocycles.